The van der Waals surface area contributed by atoms with Crippen LogP contribution in [-0.4, -0.2) is 10.5 Å². The van der Waals surface area contributed by atoms with E-state index in [1.54, 1.807) is 6.07 Å². The van der Waals surface area contributed by atoms with Gasteiger partial charge in [-0.25, -0.2) is 4.98 Å². The van der Waals surface area contributed by atoms with E-state index in [0.717, 1.165) is 11.5 Å². The Balaban J connectivity index is 2.21. The van der Waals surface area contributed by atoms with Gasteiger partial charge in [0.1, 0.15) is 5.82 Å². The van der Waals surface area contributed by atoms with Crippen LogP contribution >= 0.6 is 0 Å². The molecule has 0 aliphatic heterocycles. The molecule has 78 valence electrons. The predicted molar refractivity (Wildman–Crippen MR) is 59.6 cm³/mol. The summed E-state index contributed by atoms with van der Waals surface area (Å²) in [6.45, 7) is 4.11. The molecule has 1 fully saturated rings. The van der Waals surface area contributed by atoms with Crippen LogP contribution in [0.5, 0.6) is 0 Å². The molecule has 1 N–H and O–H groups in total. The number of aryl methyl sites for hydroxylation is 1. The zero-order valence-corrected chi connectivity index (χ0v) is 9.17. The van der Waals surface area contributed by atoms with Gasteiger partial charge in [0.05, 0.1) is 11.6 Å². The molecular weight excluding hydrogens is 186 g/mol. The quantitative estimate of drug-likeness (QED) is 0.800. The minimum Gasteiger partial charge on any atom is -0.365 e. The Kier molecular flexibility index (Phi) is 2.36. The molecule has 3 heteroatoms. The van der Waals surface area contributed by atoms with Crippen molar-refractivity contribution in [3.05, 3.63) is 23.4 Å². The average molecular weight is 201 g/mol. The smallest absolute Gasteiger partial charge is 0.127 e. The summed E-state index contributed by atoms with van der Waals surface area (Å²) in [6.07, 6.45) is 3.65. The van der Waals surface area contributed by atoms with E-state index < -0.39 is 0 Å². The van der Waals surface area contributed by atoms with Crippen LogP contribution in [0.2, 0.25) is 0 Å². The van der Waals surface area contributed by atoms with Gasteiger partial charge in [-0.2, -0.15) is 5.26 Å². The topological polar surface area (TPSA) is 48.7 Å². The molecule has 0 atom stereocenters. The molecule has 1 saturated carbocycles. The molecule has 0 unspecified atom stereocenters. The van der Waals surface area contributed by atoms with Gasteiger partial charge in [-0.15, -0.1) is 0 Å². The maximum atomic E-state index is 8.85. The molecule has 1 aliphatic carbocycles. The van der Waals surface area contributed by atoms with Crippen LogP contribution in [-0.2, 0) is 0 Å². The van der Waals surface area contributed by atoms with Crippen LogP contribution in [0.15, 0.2) is 12.1 Å². The van der Waals surface area contributed by atoms with Gasteiger partial charge in [-0.05, 0) is 45.2 Å². The van der Waals surface area contributed by atoms with Gasteiger partial charge >= 0.3 is 0 Å². The first-order valence-electron chi connectivity index (χ1n) is 5.28. The Hall–Kier alpha value is -1.56. The summed E-state index contributed by atoms with van der Waals surface area (Å²) in [4.78, 5) is 4.39. The summed E-state index contributed by atoms with van der Waals surface area (Å²) in [7, 11) is 0. The van der Waals surface area contributed by atoms with E-state index in [-0.39, 0.29) is 5.54 Å². The fourth-order valence-electron chi connectivity index (χ4n) is 1.94. The predicted octanol–water partition coefficient (Wildman–Crippen LogP) is 2.62. The number of nitriles is 1. The van der Waals surface area contributed by atoms with Crippen LogP contribution in [0.1, 0.15) is 37.4 Å². The highest BCUT2D eigenvalue weighted by molar-refractivity contribution is 5.46. The first kappa shape index (κ1) is 9.97. The van der Waals surface area contributed by atoms with Gasteiger partial charge in [0.2, 0.25) is 0 Å². The van der Waals surface area contributed by atoms with Gasteiger partial charge in [0.15, 0.2) is 0 Å². The average Bonchev–Trinajstić information content (AvgIpc) is 2.14. The van der Waals surface area contributed by atoms with Crippen molar-refractivity contribution < 1.29 is 0 Å². The van der Waals surface area contributed by atoms with Gasteiger partial charge in [0, 0.05) is 11.2 Å². The third-order valence-corrected chi connectivity index (χ3v) is 2.97. The summed E-state index contributed by atoms with van der Waals surface area (Å²) in [5.41, 5.74) is 1.75. The molecule has 1 aromatic rings. The Labute approximate surface area is 90.1 Å². The normalized spacial score (nSPS) is 17.7. The second-order valence-electron chi connectivity index (χ2n) is 4.53. The molecule has 2 rings (SSSR count). The minimum atomic E-state index is 0.188. The molecule has 3 nitrogen and oxygen atoms in total. The van der Waals surface area contributed by atoms with Gasteiger partial charge in [0.25, 0.3) is 0 Å². The van der Waals surface area contributed by atoms with E-state index in [1.807, 2.05) is 13.0 Å². The Bertz CT molecular complexity index is 413. The third-order valence-electron chi connectivity index (χ3n) is 2.97. The van der Waals surface area contributed by atoms with Crippen LogP contribution in [0.25, 0.3) is 0 Å². The summed E-state index contributed by atoms with van der Waals surface area (Å²) in [5, 5.41) is 12.3. The van der Waals surface area contributed by atoms with E-state index in [4.69, 9.17) is 5.26 Å². The minimum absolute atomic E-state index is 0.188. The largest absolute Gasteiger partial charge is 0.365 e. The van der Waals surface area contributed by atoms with Gasteiger partial charge in [-0.1, -0.05) is 0 Å². The Morgan fingerprint density at radius 3 is 2.73 bits per heavy atom. The molecular formula is C12H15N3. The van der Waals surface area contributed by atoms with Crippen molar-refractivity contribution in [3.63, 3.8) is 0 Å². The molecule has 0 spiro atoms. The summed E-state index contributed by atoms with van der Waals surface area (Å²) in [5.74, 6) is 0.828. The van der Waals surface area contributed by atoms with Crippen molar-refractivity contribution in [2.75, 3.05) is 5.32 Å². The van der Waals surface area contributed by atoms with E-state index in [9.17, 15) is 0 Å². The summed E-state index contributed by atoms with van der Waals surface area (Å²) in [6, 6.07) is 5.77. The zero-order chi connectivity index (χ0) is 10.9. The number of nitrogens with one attached hydrogen (secondary N) is 1. The maximum Gasteiger partial charge on any atom is 0.127 e. The standard InChI is InChI=1S/C12H15N3/c1-9-6-10(8-13)7-11(14-9)15-12(2)4-3-5-12/h6-7H,3-5H2,1-2H3,(H,14,15). The van der Waals surface area contributed by atoms with Crippen LogP contribution in [0.4, 0.5) is 5.82 Å². The monoisotopic (exact) mass is 201 g/mol. The molecule has 0 bridgehead atoms. The lowest BCUT2D eigenvalue weighted by Crippen LogP contribution is -2.41. The number of pyridine rings is 1. The van der Waals surface area contributed by atoms with Crippen molar-refractivity contribution in [3.8, 4) is 6.07 Å². The Morgan fingerprint density at radius 2 is 2.20 bits per heavy atom. The zero-order valence-electron chi connectivity index (χ0n) is 9.17. The molecule has 1 heterocycles. The third kappa shape index (κ3) is 2.10. The van der Waals surface area contributed by atoms with E-state index in [1.165, 1.54) is 19.3 Å². The lowest BCUT2D eigenvalue weighted by molar-refractivity contribution is 0.305. The van der Waals surface area contributed by atoms with Crippen molar-refractivity contribution in [2.45, 2.75) is 38.6 Å². The van der Waals surface area contributed by atoms with Gasteiger partial charge in [-0.3, -0.25) is 0 Å². The fourth-order valence-corrected chi connectivity index (χ4v) is 1.94. The van der Waals surface area contributed by atoms with Crippen molar-refractivity contribution in [2.24, 2.45) is 0 Å². The number of hydrogen-bond donors (Lipinski definition) is 1. The van der Waals surface area contributed by atoms with Crippen molar-refractivity contribution in [1.82, 2.24) is 4.98 Å². The van der Waals surface area contributed by atoms with Crippen molar-refractivity contribution >= 4 is 5.82 Å². The van der Waals surface area contributed by atoms with Crippen LogP contribution < -0.4 is 5.32 Å². The number of rotatable bonds is 2. The van der Waals surface area contributed by atoms with E-state index in [2.05, 4.69) is 23.3 Å². The fraction of sp³-hybridized carbons (Fsp3) is 0.500. The molecule has 0 saturated heterocycles. The second kappa shape index (κ2) is 3.54. The van der Waals surface area contributed by atoms with E-state index >= 15 is 0 Å². The SMILES string of the molecule is Cc1cc(C#N)cc(NC2(C)CCC2)n1. The summed E-state index contributed by atoms with van der Waals surface area (Å²) >= 11 is 0. The molecule has 1 aliphatic rings. The Morgan fingerprint density at radius 1 is 1.47 bits per heavy atom. The molecule has 0 amide bonds. The van der Waals surface area contributed by atoms with Crippen molar-refractivity contribution in [1.29, 1.82) is 5.26 Å². The molecule has 0 radical (unpaired) electrons. The molecule has 15 heavy (non-hydrogen) atoms. The second-order valence-corrected chi connectivity index (χ2v) is 4.53. The lowest BCUT2D eigenvalue weighted by atomic mass is 9.78. The number of nitrogens with zero attached hydrogens (tertiary/aromatic N) is 2. The first-order valence-corrected chi connectivity index (χ1v) is 5.28. The first-order chi connectivity index (χ1) is 7.11. The maximum absolute atomic E-state index is 8.85. The number of hydrogen-bond acceptors (Lipinski definition) is 3. The van der Waals surface area contributed by atoms with Crippen LogP contribution in [0, 0.1) is 18.3 Å². The summed E-state index contributed by atoms with van der Waals surface area (Å²) < 4.78 is 0. The highest BCUT2D eigenvalue weighted by Crippen LogP contribution is 2.34. The molecule has 0 aromatic carbocycles. The highest BCUT2D eigenvalue weighted by atomic mass is 15.1. The number of anilines is 1. The number of aromatic nitrogens is 1. The van der Waals surface area contributed by atoms with E-state index in [0.29, 0.717) is 5.56 Å². The lowest BCUT2D eigenvalue weighted by Gasteiger charge is -2.39. The molecule has 1 aromatic heterocycles. The van der Waals surface area contributed by atoms with Crippen LogP contribution in [0.3, 0.4) is 0 Å². The van der Waals surface area contributed by atoms with Gasteiger partial charge < -0.3 is 5.32 Å². The highest BCUT2D eigenvalue weighted by Gasteiger charge is 2.31.